The molecular formula is C15H32N2. The maximum atomic E-state index is 3.70. The monoisotopic (exact) mass is 240 g/mol. The van der Waals surface area contributed by atoms with Gasteiger partial charge in [0.15, 0.2) is 0 Å². The first-order valence-electron chi connectivity index (χ1n) is 7.32. The van der Waals surface area contributed by atoms with Gasteiger partial charge in [0.2, 0.25) is 0 Å². The van der Waals surface area contributed by atoms with Crippen LogP contribution >= 0.6 is 0 Å². The minimum absolute atomic E-state index is 0.378. The van der Waals surface area contributed by atoms with Gasteiger partial charge in [-0.05, 0) is 30.7 Å². The molecule has 0 aliphatic carbocycles. The van der Waals surface area contributed by atoms with Crippen LogP contribution in [0.25, 0.3) is 0 Å². The number of hydrogen-bond donors (Lipinski definition) is 1. The predicted octanol–water partition coefficient (Wildman–Crippen LogP) is 3.13. The van der Waals surface area contributed by atoms with Gasteiger partial charge in [-0.1, -0.05) is 41.5 Å². The standard InChI is InChI=1S/C15H32N2/c1-7-13-11-17(9-8-12(2)3)14(10-16-13)15(4,5)6/h12-14,16H,7-11H2,1-6H3. The minimum atomic E-state index is 0.378. The Hall–Kier alpha value is -0.0800. The first-order chi connectivity index (χ1) is 7.84. The van der Waals surface area contributed by atoms with Crippen molar-refractivity contribution in [1.29, 1.82) is 0 Å². The van der Waals surface area contributed by atoms with Crippen LogP contribution in [0, 0.1) is 11.3 Å². The Morgan fingerprint density at radius 2 is 1.94 bits per heavy atom. The van der Waals surface area contributed by atoms with Gasteiger partial charge < -0.3 is 5.32 Å². The zero-order valence-electron chi connectivity index (χ0n) is 12.7. The molecular weight excluding hydrogens is 208 g/mol. The molecule has 2 nitrogen and oxygen atoms in total. The van der Waals surface area contributed by atoms with E-state index in [-0.39, 0.29) is 0 Å². The summed E-state index contributed by atoms with van der Waals surface area (Å²) in [6, 6.07) is 1.38. The molecule has 0 radical (unpaired) electrons. The number of piperazine rings is 1. The van der Waals surface area contributed by atoms with Crippen molar-refractivity contribution >= 4 is 0 Å². The molecule has 1 N–H and O–H groups in total. The van der Waals surface area contributed by atoms with E-state index >= 15 is 0 Å². The van der Waals surface area contributed by atoms with Crippen LogP contribution in [-0.2, 0) is 0 Å². The molecule has 0 bridgehead atoms. The number of nitrogens with zero attached hydrogens (tertiary/aromatic N) is 1. The normalized spacial score (nSPS) is 27.7. The van der Waals surface area contributed by atoms with Crippen LogP contribution < -0.4 is 5.32 Å². The molecule has 2 atom stereocenters. The van der Waals surface area contributed by atoms with E-state index in [1.165, 1.54) is 25.9 Å². The Morgan fingerprint density at radius 1 is 1.29 bits per heavy atom. The zero-order valence-corrected chi connectivity index (χ0v) is 12.7. The second-order valence-electron chi connectivity index (χ2n) is 7.07. The summed E-state index contributed by atoms with van der Waals surface area (Å²) >= 11 is 0. The highest BCUT2D eigenvalue weighted by molar-refractivity contribution is 4.92. The van der Waals surface area contributed by atoms with E-state index in [9.17, 15) is 0 Å². The molecule has 1 aliphatic rings. The van der Waals surface area contributed by atoms with Gasteiger partial charge in [-0.2, -0.15) is 0 Å². The lowest BCUT2D eigenvalue weighted by Gasteiger charge is -2.46. The lowest BCUT2D eigenvalue weighted by molar-refractivity contribution is 0.0513. The fourth-order valence-electron chi connectivity index (χ4n) is 2.68. The lowest BCUT2D eigenvalue weighted by Crippen LogP contribution is -2.60. The van der Waals surface area contributed by atoms with Crippen molar-refractivity contribution in [2.75, 3.05) is 19.6 Å². The van der Waals surface area contributed by atoms with Crippen molar-refractivity contribution in [2.45, 2.75) is 66.5 Å². The molecule has 1 saturated heterocycles. The van der Waals surface area contributed by atoms with E-state index in [0.29, 0.717) is 17.5 Å². The fraction of sp³-hybridized carbons (Fsp3) is 1.00. The molecule has 1 heterocycles. The minimum Gasteiger partial charge on any atom is -0.311 e. The predicted molar refractivity (Wildman–Crippen MR) is 76.4 cm³/mol. The molecule has 1 aliphatic heterocycles. The van der Waals surface area contributed by atoms with E-state index in [0.717, 1.165) is 12.5 Å². The molecule has 0 aromatic rings. The summed E-state index contributed by atoms with van der Waals surface area (Å²) in [5.74, 6) is 0.811. The van der Waals surface area contributed by atoms with Crippen LogP contribution in [0.15, 0.2) is 0 Å². The molecule has 2 heteroatoms. The molecule has 0 aromatic heterocycles. The van der Waals surface area contributed by atoms with Crippen molar-refractivity contribution in [1.82, 2.24) is 10.2 Å². The summed E-state index contributed by atoms with van der Waals surface area (Å²) in [5.41, 5.74) is 0.378. The molecule has 0 amide bonds. The van der Waals surface area contributed by atoms with Gasteiger partial charge in [-0.25, -0.2) is 0 Å². The van der Waals surface area contributed by atoms with Crippen molar-refractivity contribution < 1.29 is 0 Å². The van der Waals surface area contributed by atoms with Crippen molar-refractivity contribution in [3.63, 3.8) is 0 Å². The summed E-state index contributed by atoms with van der Waals surface area (Å²) in [5, 5.41) is 3.70. The third-order valence-electron chi connectivity index (χ3n) is 3.98. The number of rotatable bonds is 4. The summed E-state index contributed by atoms with van der Waals surface area (Å²) in [7, 11) is 0. The average Bonchev–Trinajstić information content (AvgIpc) is 2.24. The van der Waals surface area contributed by atoms with Crippen molar-refractivity contribution in [3.05, 3.63) is 0 Å². The smallest absolute Gasteiger partial charge is 0.0269 e. The van der Waals surface area contributed by atoms with E-state index in [1.54, 1.807) is 0 Å². The van der Waals surface area contributed by atoms with E-state index in [4.69, 9.17) is 0 Å². The van der Waals surface area contributed by atoms with Crippen molar-refractivity contribution in [3.8, 4) is 0 Å². The van der Waals surface area contributed by atoms with Crippen LogP contribution in [0.1, 0.15) is 54.4 Å². The summed E-state index contributed by atoms with van der Waals surface area (Å²) in [6.45, 7) is 17.7. The summed E-state index contributed by atoms with van der Waals surface area (Å²) in [6.07, 6.45) is 2.57. The molecule has 1 fully saturated rings. The van der Waals surface area contributed by atoms with Gasteiger partial charge in [-0.15, -0.1) is 0 Å². The topological polar surface area (TPSA) is 15.3 Å². The van der Waals surface area contributed by atoms with E-state index in [1.807, 2.05) is 0 Å². The molecule has 0 saturated carbocycles. The first-order valence-corrected chi connectivity index (χ1v) is 7.32. The van der Waals surface area contributed by atoms with E-state index < -0.39 is 0 Å². The maximum absolute atomic E-state index is 3.70. The number of hydrogen-bond acceptors (Lipinski definition) is 2. The molecule has 0 aromatic carbocycles. The number of nitrogens with one attached hydrogen (secondary N) is 1. The van der Waals surface area contributed by atoms with Gasteiger partial charge in [0.1, 0.15) is 0 Å². The summed E-state index contributed by atoms with van der Waals surface area (Å²) < 4.78 is 0. The molecule has 102 valence electrons. The first kappa shape index (κ1) is 15.0. The van der Waals surface area contributed by atoms with E-state index in [2.05, 4.69) is 51.8 Å². The summed E-state index contributed by atoms with van der Waals surface area (Å²) in [4.78, 5) is 2.73. The third-order valence-corrected chi connectivity index (χ3v) is 3.98. The molecule has 1 rings (SSSR count). The van der Waals surface area contributed by atoms with Gasteiger partial charge in [0, 0.05) is 25.2 Å². The Labute approximate surface area is 108 Å². The highest BCUT2D eigenvalue weighted by atomic mass is 15.2. The lowest BCUT2D eigenvalue weighted by atomic mass is 9.83. The van der Waals surface area contributed by atoms with Gasteiger partial charge in [0.05, 0.1) is 0 Å². The molecule has 17 heavy (non-hydrogen) atoms. The average molecular weight is 240 g/mol. The molecule has 0 spiro atoms. The Kier molecular flexibility index (Phi) is 5.46. The highest BCUT2D eigenvalue weighted by Crippen LogP contribution is 2.27. The van der Waals surface area contributed by atoms with Crippen LogP contribution in [-0.4, -0.2) is 36.6 Å². The van der Waals surface area contributed by atoms with Gasteiger partial charge >= 0.3 is 0 Å². The third kappa shape index (κ3) is 4.59. The van der Waals surface area contributed by atoms with Crippen LogP contribution in [0.2, 0.25) is 0 Å². The van der Waals surface area contributed by atoms with Gasteiger partial charge in [-0.3, -0.25) is 4.90 Å². The fourth-order valence-corrected chi connectivity index (χ4v) is 2.68. The quantitative estimate of drug-likeness (QED) is 0.812. The SMILES string of the molecule is CCC1CN(CCC(C)C)C(C(C)(C)C)CN1. The Morgan fingerprint density at radius 3 is 2.41 bits per heavy atom. The second-order valence-corrected chi connectivity index (χ2v) is 7.07. The Bertz CT molecular complexity index is 217. The highest BCUT2D eigenvalue weighted by Gasteiger charge is 2.34. The van der Waals surface area contributed by atoms with Gasteiger partial charge in [0.25, 0.3) is 0 Å². The van der Waals surface area contributed by atoms with Crippen molar-refractivity contribution in [2.24, 2.45) is 11.3 Å². The van der Waals surface area contributed by atoms with Crippen LogP contribution in [0.4, 0.5) is 0 Å². The zero-order chi connectivity index (χ0) is 13.1. The Balaban J connectivity index is 2.61. The van der Waals surface area contributed by atoms with Crippen LogP contribution in [0.3, 0.4) is 0 Å². The maximum Gasteiger partial charge on any atom is 0.0269 e. The molecule has 2 unspecified atom stereocenters. The largest absolute Gasteiger partial charge is 0.311 e. The second kappa shape index (κ2) is 6.19. The van der Waals surface area contributed by atoms with Crippen LogP contribution in [0.5, 0.6) is 0 Å².